The molecule has 0 bridgehead atoms. The van der Waals surface area contributed by atoms with Gasteiger partial charge in [-0.15, -0.1) is 0 Å². The van der Waals surface area contributed by atoms with E-state index in [1.54, 1.807) is 0 Å². The number of rotatable bonds is 4. The first kappa shape index (κ1) is 13.0. The Balaban J connectivity index is 1.78. The first-order valence-electron chi connectivity index (χ1n) is 6.61. The molecule has 0 heterocycles. The van der Waals surface area contributed by atoms with Gasteiger partial charge in [-0.05, 0) is 29.9 Å². The quantitative estimate of drug-likeness (QED) is 0.806. The fraction of sp³-hybridized carbons (Fsp3) is 0.250. The minimum Gasteiger partial charge on any atom is -0.379 e. The molecule has 1 N–H and O–H groups in total. The molecular weight excluding hydrogens is 263 g/mol. The Morgan fingerprint density at radius 2 is 1.65 bits per heavy atom. The van der Waals surface area contributed by atoms with Crippen LogP contribution in [0.25, 0.3) is 0 Å². The molecular formula is C16H14F3N. The smallest absolute Gasteiger partial charge is 0.161 e. The normalized spacial score (nSPS) is 14.3. The van der Waals surface area contributed by atoms with Crippen LogP contribution >= 0.6 is 0 Å². The van der Waals surface area contributed by atoms with Gasteiger partial charge in [-0.2, -0.15) is 0 Å². The lowest BCUT2D eigenvalue weighted by atomic mass is 10.0. The number of hydrogen-bond acceptors (Lipinski definition) is 1. The summed E-state index contributed by atoms with van der Waals surface area (Å²) in [6, 6.07) is 9.35. The molecule has 0 radical (unpaired) electrons. The molecule has 1 aliphatic carbocycles. The molecule has 0 aromatic heterocycles. The third-order valence-electron chi connectivity index (χ3n) is 3.55. The summed E-state index contributed by atoms with van der Waals surface area (Å²) >= 11 is 0. The summed E-state index contributed by atoms with van der Waals surface area (Å²) in [4.78, 5) is 0. The van der Waals surface area contributed by atoms with Crippen molar-refractivity contribution in [1.82, 2.24) is 0 Å². The van der Waals surface area contributed by atoms with Gasteiger partial charge in [0.05, 0.1) is 5.69 Å². The van der Waals surface area contributed by atoms with Gasteiger partial charge in [0.15, 0.2) is 11.6 Å². The maximum Gasteiger partial charge on any atom is 0.161 e. The van der Waals surface area contributed by atoms with Gasteiger partial charge in [-0.3, -0.25) is 0 Å². The average molecular weight is 277 g/mol. The molecule has 2 aromatic rings. The number of benzene rings is 2. The molecule has 1 aliphatic rings. The molecule has 0 spiro atoms. The second kappa shape index (κ2) is 5.19. The van der Waals surface area contributed by atoms with Crippen LogP contribution in [0.5, 0.6) is 0 Å². The zero-order chi connectivity index (χ0) is 14.1. The van der Waals surface area contributed by atoms with Crippen LogP contribution in [0.2, 0.25) is 0 Å². The summed E-state index contributed by atoms with van der Waals surface area (Å²) in [6.45, 7) is 0.397. The first-order valence-corrected chi connectivity index (χ1v) is 6.61. The summed E-state index contributed by atoms with van der Waals surface area (Å²) in [5.74, 6) is -2.42. The molecule has 0 saturated heterocycles. The van der Waals surface area contributed by atoms with Gasteiger partial charge < -0.3 is 5.32 Å². The molecule has 1 nitrogen and oxygen atoms in total. The molecule has 0 aliphatic heterocycles. The standard InChI is InChI=1S/C16H14F3N/c17-13-7-15(19)16(8-14(13)18)20-9-11-3-1-2-4-12(11)10-5-6-10/h1-4,7-8,10,20H,5-6,9H2. The van der Waals surface area contributed by atoms with E-state index in [-0.39, 0.29) is 5.69 Å². The second-order valence-corrected chi connectivity index (χ2v) is 5.07. The zero-order valence-electron chi connectivity index (χ0n) is 10.8. The fourth-order valence-corrected chi connectivity index (χ4v) is 2.34. The number of hydrogen-bond donors (Lipinski definition) is 1. The van der Waals surface area contributed by atoms with Crippen LogP contribution in [0.4, 0.5) is 18.9 Å². The van der Waals surface area contributed by atoms with Crippen LogP contribution in [-0.4, -0.2) is 0 Å². The second-order valence-electron chi connectivity index (χ2n) is 5.07. The van der Waals surface area contributed by atoms with Crippen LogP contribution in [0, 0.1) is 17.5 Å². The van der Waals surface area contributed by atoms with Crippen molar-refractivity contribution in [2.75, 3.05) is 5.32 Å². The Kier molecular flexibility index (Phi) is 3.38. The van der Waals surface area contributed by atoms with E-state index in [1.165, 1.54) is 18.4 Å². The van der Waals surface area contributed by atoms with Gasteiger partial charge in [0.25, 0.3) is 0 Å². The predicted octanol–water partition coefficient (Wildman–Crippen LogP) is 4.59. The maximum atomic E-state index is 13.5. The van der Waals surface area contributed by atoms with E-state index in [9.17, 15) is 13.2 Å². The molecule has 0 unspecified atom stereocenters. The number of halogens is 3. The van der Waals surface area contributed by atoms with Crippen molar-refractivity contribution < 1.29 is 13.2 Å². The molecule has 1 fully saturated rings. The van der Waals surface area contributed by atoms with Crippen molar-refractivity contribution in [3.05, 3.63) is 65.0 Å². The van der Waals surface area contributed by atoms with Gasteiger partial charge in [-0.1, -0.05) is 24.3 Å². The lowest BCUT2D eigenvalue weighted by Gasteiger charge is -2.12. The van der Waals surface area contributed by atoms with Crippen molar-refractivity contribution >= 4 is 5.69 Å². The van der Waals surface area contributed by atoms with Crippen molar-refractivity contribution in [2.24, 2.45) is 0 Å². The molecule has 3 rings (SSSR count). The third kappa shape index (κ3) is 2.64. The van der Waals surface area contributed by atoms with Crippen molar-refractivity contribution in [3.8, 4) is 0 Å². The van der Waals surface area contributed by atoms with E-state index in [0.717, 1.165) is 11.6 Å². The highest BCUT2D eigenvalue weighted by Gasteiger charge is 2.25. The topological polar surface area (TPSA) is 12.0 Å². The summed E-state index contributed by atoms with van der Waals surface area (Å²) in [5, 5.41) is 2.84. The number of nitrogens with one attached hydrogen (secondary N) is 1. The van der Waals surface area contributed by atoms with E-state index in [1.807, 2.05) is 18.2 Å². The van der Waals surface area contributed by atoms with Crippen molar-refractivity contribution in [3.63, 3.8) is 0 Å². The van der Waals surface area contributed by atoms with Gasteiger partial charge in [-0.25, -0.2) is 13.2 Å². The van der Waals surface area contributed by atoms with E-state index < -0.39 is 17.5 Å². The van der Waals surface area contributed by atoms with E-state index >= 15 is 0 Å². The Labute approximate surface area is 115 Å². The van der Waals surface area contributed by atoms with Crippen molar-refractivity contribution in [2.45, 2.75) is 25.3 Å². The molecule has 4 heteroatoms. The van der Waals surface area contributed by atoms with Gasteiger partial charge in [0.1, 0.15) is 5.82 Å². The van der Waals surface area contributed by atoms with E-state index in [4.69, 9.17) is 0 Å². The van der Waals surface area contributed by atoms with Gasteiger partial charge >= 0.3 is 0 Å². The predicted molar refractivity (Wildman–Crippen MR) is 72.1 cm³/mol. The first-order chi connectivity index (χ1) is 9.65. The SMILES string of the molecule is Fc1cc(F)c(NCc2ccccc2C2CC2)cc1F. The van der Waals surface area contributed by atoms with E-state index in [0.29, 0.717) is 18.5 Å². The van der Waals surface area contributed by atoms with Gasteiger partial charge in [0, 0.05) is 18.7 Å². The highest BCUT2D eigenvalue weighted by atomic mass is 19.2. The largest absolute Gasteiger partial charge is 0.379 e. The van der Waals surface area contributed by atoms with E-state index in [2.05, 4.69) is 11.4 Å². The summed E-state index contributed by atoms with van der Waals surface area (Å²) < 4.78 is 39.5. The molecule has 20 heavy (non-hydrogen) atoms. The maximum absolute atomic E-state index is 13.5. The third-order valence-corrected chi connectivity index (χ3v) is 3.55. The van der Waals surface area contributed by atoms with Crippen LogP contribution in [0.1, 0.15) is 29.9 Å². The Bertz CT molecular complexity index is 636. The minimum absolute atomic E-state index is 0.0190. The molecule has 2 aromatic carbocycles. The van der Waals surface area contributed by atoms with Crippen LogP contribution in [-0.2, 0) is 6.54 Å². The monoisotopic (exact) mass is 277 g/mol. The molecule has 1 saturated carbocycles. The minimum atomic E-state index is -1.17. The Hall–Kier alpha value is -1.97. The molecule has 104 valence electrons. The summed E-state index contributed by atoms with van der Waals surface area (Å²) in [5.41, 5.74) is 2.30. The summed E-state index contributed by atoms with van der Waals surface area (Å²) in [7, 11) is 0. The highest BCUT2D eigenvalue weighted by molar-refractivity contribution is 5.47. The summed E-state index contributed by atoms with van der Waals surface area (Å²) in [6.07, 6.45) is 2.35. The zero-order valence-corrected chi connectivity index (χ0v) is 10.8. The highest BCUT2D eigenvalue weighted by Crippen LogP contribution is 2.41. The molecule has 0 amide bonds. The Morgan fingerprint density at radius 1 is 0.950 bits per heavy atom. The van der Waals surface area contributed by atoms with Gasteiger partial charge in [0.2, 0.25) is 0 Å². The molecule has 0 atom stereocenters. The van der Waals surface area contributed by atoms with Crippen LogP contribution in [0.3, 0.4) is 0 Å². The lowest BCUT2D eigenvalue weighted by molar-refractivity contribution is 0.496. The lowest BCUT2D eigenvalue weighted by Crippen LogP contribution is -2.05. The number of anilines is 1. The van der Waals surface area contributed by atoms with Crippen LogP contribution in [0.15, 0.2) is 36.4 Å². The average Bonchev–Trinajstić information content (AvgIpc) is 3.26. The van der Waals surface area contributed by atoms with Crippen molar-refractivity contribution in [1.29, 1.82) is 0 Å². The fourth-order valence-electron chi connectivity index (χ4n) is 2.34. The Morgan fingerprint density at radius 3 is 2.40 bits per heavy atom. The van der Waals surface area contributed by atoms with Crippen LogP contribution < -0.4 is 5.32 Å².